The van der Waals surface area contributed by atoms with Gasteiger partial charge >= 0.3 is 0 Å². The fraction of sp³-hybridized carbons (Fsp3) is 0.182. The van der Waals surface area contributed by atoms with E-state index in [0.29, 0.717) is 10.7 Å². The summed E-state index contributed by atoms with van der Waals surface area (Å²) in [6.07, 6.45) is 0.0267. The molecule has 3 N–H and O–H groups in total. The van der Waals surface area contributed by atoms with Crippen LogP contribution in [0.15, 0.2) is 29.3 Å². The van der Waals surface area contributed by atoms with Gasteiger partial charge in [0.1, 0.15) is 5.25 Å². The molecule has 1 atom stereocenters. The Kier molecular flexibility index (Phi) is 3.88. The van der Waals surface area contributed by atoms with Crippen LogP contribution in [-0.4, -0.2) is 22.2 Å². The van der Waals surface area contributed by atoms with Crippen molar-refractivity contribution in [3.8, 4) is 0 Å². The Morgan fingerprint density at radius 1 is 1.50 bits per heavy atom. The number of nitrogens with two attached hydrogens (primary N) is 1. The largest absolute Gasteiger partial charge is 0.378 e. The third-order valence-electron chi connectivity index (χ3n) is 2.28. The summed E-state index contributed by atoms with van der Waals surface area (Å²) in [4.78, 5) is 26.7. The molecule has 1 heterocycles. The highest BCUT2D eigenvalue weighted by Gasteiger charge is 2.29. The molecule has 2 amide bonds. The van der Waals surface area contributed by atoms with Crippen LogP contribution < -0.4 is 11.1 Å². The number of anilines is 1. The van der Waals surface area contributed by atoms with E-state index in [1.165, 1.54) is 0 Å². The first-order valence-corrected chi connectivity index (χ1v) is 6.41. The summed E-state index contributed by atoms with van der Waals surface area (Å²) in [5, 5.41) is 2.76. The van der Waals surface area contributed by atoms with Crippen molar-refractivity contribution >= 4 is 46.0 Å². The van der Waals surface area contributed by atoms with E-state index in [9.17, 15) is 9.59 Å². The zero-order valence-electron chi connectivity index (χ0n) is 9.22. The first-order valence-electron chi connectivity index (χ1n) is 5.15. The lowest BCUT2D eigenvalue weighted by Crippen LogP contribution is -2.21. The first kappa shape index (κ1) is 12.9. The molecule has 0 aromatic heterocycles. The molecular formula is C11H10ClN3O2S. The Bertz CT molecular complexity index is 533. The number of aliphatic imine (C=N–C) groups is 1. The lowest BCUT2D eigenvalue weighted by Gasteiger charge is -2.08. The SMILES string of the molecule is NC1=NC(=O)[C@H](CC(=O)Nc2ccccc2Cl)S1. The zero-order chi connectivity index (χ0) is 13.1. The second kappa shape index (κ2) is 5.41. The van der Waals surface area contributed by atoms with Crippen molar-refractivity contribution in [1.82, 2.24) is 0 Å². The molecule has 1 aromatic carbocycles. The third-order valence-corrected chi connectivity index (χ3v) is 3.59. The molecule has 94 valence electrons. The fourth-order valence-corrected chi connectivity index (χ4v) is 2.47. The highest BCUT2D eigenvalue weighted by molar-refractivity contribution is 8.15. The molecule has 0 aliphatic carbocycles. The van der Waals surface area contributed by atoms with Gasteiger partial charge in [0, 0.05) is 6.42 Å². The van der Waals surface area contributed by atoms with Crippen LogP contribution in [0.5, 0.6) is 0 Å². The Hall–Kier alpha value is -1.53. The van der Waals surface area contributed by atoms with Gasteiger partial charge in [-0.05, 0) is 12.1 Å². The Labute approximate surface area is 113 Å². The van der Waals surface area contributed by atoms with E-state index < -0.39 is 5.25 Å². The number of para-hydroxylation sites is 1. The number of carbonyl (C=O) groups excluding carboxylic acids is 2. The molecule has 1 aliphatic rings. The van der Waals surface area contributed by atoms with Crippen molar-refractivity contribution in [2.75, 3.05) is 5.32 Å². The van der Waals surface area contributed by atoms with Gasteiger partial charge in [-0.15, -0.1) is 0 Å². The molecule has 0 unspecified atom stereocenters. The minimum absolute atomic E-state index is 0.0267. The predicted molar refractivity (Wildman–Crippen MR) is 72.7 cm³/mol. The molecular weight excluding hydrogens is 274 g/mol. The smallest absolute Gasteiger partial charge is 0.262 e. The average molecular weight is 284 g/mol. The minimum Gasteiger partial charge on any atom is -0.378 e. The monoisotopic (exact) mass is 283 g/mol. The molecule has 18 heavy (non-hydrogen) atoms. The van der Waals surface area contributed by atoms with Gasteiger partial charge in [0.25, 0.3) is 5.91 Å². The molecule has 2 rings (SSSR count). The second-order valence-corrected chi connectivity index (χ2v) is 5.26. The van der Waals surface area contributed by atoms with Crippen LogP contribution >= 0.6 is 23.4 Å². The van der Waals surface area contributed by atoms with Gasteiger partial charge < -0.3 is 11.1 Å². The van der Waals surface area contributed by atoms with Crippen molar-refractivity contribution in [3.05, 3.63) is 29.3 Å². The normalized spacial score (nSPS) is 18.6. The minimum atomic E-state index is -0.535. The van der Waals surface area contributed by atoms with Gasteiger partial charge in [0.2, 0.25) is 5.91 Å². The molecule has 1 aromatic rings. The maximum atomic E-state index is 11.7. The number of carbonyl (C=O) groups is 2. The van der Waals surface area contributed by atoms with Gasteiger partial charge in [-0.2, -0.15) is 4.99 Å². The number of rotatable bonds is 3. The van der Waals surface area contributed by atoms with Gasteiger partial charge in [0.15, 0.2) is 5.17 Å². The number of amidine groups is 1. The summed E-state index contributed by atoms with van der Waals surface area (Å²) in [6.45, 7) is 0. The molecule has 5 nitrogen and oxygen atoms in total. The van der Waals surface area contributed by atoms with E-state index >= 15 is 0 Å². The number of hydrogen-bond acceptors (Lipinski definition) is 4. The van der Waals surface area contributed by atoms with E-state index in [2.05, 4.69) is 10.3 Å². The molecule has 7 heteroatoms. The Balaban J connectivity index is 1.94. The van der Waals surface area contributed by atoms with Crippen molar-refractivity contribution in [3.63, 3.8) is 0 Å². The summed E-state index contributed by atoms with van der Waals surface area (Å²) >= 11 is 7.01. The van der Waals surface area contributed by atoms with E-state index in [-0.39, 0.29) is 23.4 Å². The van der Waals surface area contributed by atoms with Gasteiger partial charge in [-0.1, -0.05) is 35.5 Å². The lowest BCUT2D eigenvalue weighted by atomic mass is 10.2. The van der Waals surface area contributed by atoms with E-state index in [0.717, 1.165) is 11.8 Å². The topological polar surface area (TPSA) is 84.5 Å². The highest BCUT2D eigenvalue weighted by atomic mass is 35.5. The van der Waals surface area contributed by atoms with Gasteiger partial charge in [0.05, 0.1) is 10.7 Å². The third kappa shape index (κ3) is 3.02. The van der Waals surface area contributed by atoms with E-state index in [1.807, 2.05) is 0 Å². The average Bonchev–Trinajstić information content (AvgIpc) is 2.61. The molecule has 1 aliphatic heterocycles. The van der Waals surface area contributed by atoms with Crippen LogP contribution in [0, 0.1) is 0 Å². The molecule has 0 saturated heterocycles. The summed E-state index contributed by atoms with van der Waals surface area (Å²) in [5.74, 6) is -0.661. The lowest BCUT2D eigenvalue weighted by molar-refractivity contribution is -0.121. The predicted octanol–water partition coefficient (Wildman–Crippen LogP) is 1.63. The number of amides is 2. The summed E-state index contributed by atoms with van der Waals surface area (Å²) in [6, 6.07) is 6.89. The summed E-state index contributed by atoms with van der Waals surface area (Å²) < 4.78 is 0. The van der Waals surface area contributed by atoms with E-state index in [1.54, 1.807) is 24.3 Å². The van der Waals surface area contributed by atoms with Gasteiger partial charge in [-0.3, -0.25) is 9.59 Å². The zero-order valence-corrected chi connectivity index (χ0v) is 10.8. The van der Waals surface area contributed by atoms with Crippen LogP contribution in [0.3, 0.4) is 0 Å². The number of thioether (sulfide) groups is 1. The molecule has 0 spiro atoms. The number of benzene rings is 1. The van der Waals surface area contributed by atoms with Crippen LogP contribution in [-0.2, 0) is 9.59 Å². The highest BCUT2D eigenvalue weighted by Crippen LogP contribution is 2.25. The van der Waals surface area contributed by atoms with Crippen LogP contribution in [0.4, 0.5) is 5.69 Å². The summed E-state index contributed by atoms with van der Waals surface area (Å²) in [7, 11) is 0. The second-order valence-electron chi connectivity index (χ2n) is 3.63. The van der Waals surface area contributed by atoms with Gasteiger partial charge in [-0.25, -0.2) is 0 Å². The fourth-order valence-electron chi connectivity index (χ4n) is 1.46. The molecule has 0 fully saturated rings. The Morgan fingerprint density at radius 3 is 2.83 bits per heavy atom. The van der Waals surface area contributed by atoms with Crippen LogP contribution in [0.25, 0.3) is 0 Å². The van der Waals surface area contributed by atoms with Crippen molar-refractivity contribution in [2.45, 2.75) is 11.7 Å². The standard InChI is InChI=1S/C11H10ClN3O2S/c12-6-3-1-2-4-7(6)14-9(16)5-8-10(17)15-11(13)18-8/h1-4,8H,5H2,(H,14,16)(H2,13,15,17)/t8-/m0/s1. The molecule has 0 bridgehead atoms. The Morgan fingerprint density at radius 2 is 2.22 bits per heavy atom. The number of nitrogens with zero attached hydrogens (tertiary/aromatic N) is 1. The van der Waals surface area contributed by atoms with E-state index in [4.69, 9.17) is 17.3 Å². The first-order chi connectivity index (χ1) is 8.56. The number of nitrogens with one attached hydrogen (secondary N) is 1. The quantitative estimate of drug-likeness (QED) is 0.883. The number of hydrogen-bond donors (Lipinski definition) is 2. The van der Waals surface area contributed by atoms with Crippen LogP contribution in [0.1, 0.15) is 6.42 Å². The van der Waals surface area contributed by atoms with Crippen molar-refractivity contribution in [2.24, 2.45) is 10.7 Å². The maximum absolute atomic E-state index is 11.7. The van der Waals surface area contributed by atoms with Crippen molar-refractivity contribution in [1.29, 1.82) is 0 Å². The molecule has 0 radical (unpaired) electrons. The molecule has 0 saturated carbocycles. The van der Waals surface area contributed by atoms with Crippen LogP contribution in [0.2, 0.25) is 5.02 Å². The van der Waals surface area contributed by atoms with Crippen molar-refractivity contribution < 1.29 is 9.59 Å². The number of halogens is 1. The maximum Gasteiger partial charge on any atom is 0.262 e. The summed E-state index contributed by atoms with van der Waals surface area (Å²) in [5.41, 5.74) is 5.93.